The molecular weight excluding hydrogens is 364 g/mol. The van der Waals surface area contributed by atoms with Crippen molar-refractivity contribution in [2.75, 3.05) is 24.8 Å². The number of nitrogens with zero attached hydrogens (tertiary/aromatic N) is 2. The Morgan fingerprint density at radius 2 is 2.07 bits per heavy atom. The first kappa shape index (κ1) is 21.3. The zero-order valence-electron chi connectivity index (χ0n) is 16.3. The molecular formula is C20H29ClN4O2. The van der Waals surface area contributed by atoms with Gasteiger partial charge in [0, 0.05) is 36.2 Å². The SMILES string of the molecule is CCC[C@@H](CCO)Nc1nc(N)nc(C)c1Cc1ccc(CCl)cc1OC. The summed E-state index contributed by atoms with van der Waals surface area (Å²) in [6.07, 6.45) is 3.22. The second-order valence-electron chi connectivity index (χ2n) is 6.59. The van der Waals surface area contributed by atoms with Gasteiger partial charge < -0.3 is 20.9 Å². The highest BCUT2D eigenvalue weighted by Gasteiger charge is 2.17. The molecule has 148 valence electrons. The van der Waals surface area contributed by atoms with Crippen LogP contribution < -0.4 is 15.8 Å². The molecule has 1 aromatic carbocycles. The van der Waals surface area contributed by atoms with Crippen LogP contribution in [-0.4, -0.2) is 34.8 Å². The average molecular weight is 393 g/mol. The van der Waals surface area contributed by atoms with E-state index in [0.717, 1.165) is 46.8 Å². The highest BCUT2D eigenvalue weighted by atomic mass is 35.5. The number of nitrogen functional groups attached to an aromatic ring is 1. The van der Waals surface area contributed by atoms with Gasteiger partial charge in [0.05, 0.1) is 7.11 Å². The first-order valence-corrected chi connectivity index (χ1v) is 9.77. The third kappa shape index (κ3) is 5.71. The Bertz CT molecular complexity index is 749. The summed E-state index contributed by atoms with van der Waals surface area (Å²) in [7, 11) is 1.65. The summed E-state index contributed by atoms with van der Waals surface area (Å²) in [6.45, 7) is 4.18. The molecule has 1 aromatic heterocycles. The van der Waals surface area contributed by atoms with Gasteiger partial charge in [0.15, 0.2) is 0 Å². The number of alkyl halides is 1. The van der Waals surface area contributed by atoms with Gasteiger partial charge in [-0.2, -0.15) is 4.98 Å². The van der Waals surface area contributed by atoms with Gasteiger partial charge in [0.2, 0.25) is 5.95 Å². The van der Waals surface area contributed by atoms with Gasteiger partial charge in [-0.1, -0.05) is 25.5 Å². The minimum absolute atomic E-state index is 0.125. The molecule has 0 unspecified atom stereocenters. The summed E-state index contributed by atoms with van der Waals surface area (Å²) >= 11 is 5.93. The lowest BCUT2D eigenvalue weighted by Gasteiger charge is -2.21. The lowest BCUT2D eigenvalue weighted by atomic mass is 10.0. The molecule has 27 heavy (non-hydrogen) atoms. The number of methoxy groups -OCH3 is 1. The van der Waals surface area contributed by atoms with Crippen LogP contribution in [0.15, 0.2) is 18.2 Å². The minimum Gasteiger partial charge on any atom is -0.496 e. The number of anilines is 2. The average Bonchev–Trinajstić information content (AvgIpc) is 2.65. The molecule has 0 aliphatic carbocycles. The summed E-state index contributed by atoms with van der Waals surface area (Å²) in [6, 6.07) is 6.10. The zero-order valence-corrected chi connectivity index (χ0v) is 17.0. The standard InChI is InChI=1S/C20H29ClN4O2/c1-4-5-16(8-9-26)24-19-17(13(2)23-20(22)25-19)11-15-7-6-14(12-21)10-18(15)27-3/h6-7,10,16,26H,4-5,8-9,11-12H2,1-3H3,(H3,22,23,24,25)/t16-/m0/s1. The summed E-state index contributed by atoms with van der Waals surface area (Å²) in [5.41, 5.74) is 9.72. The number of aliphatic hydroxyl groups excluding tert-OH is 1. The van der Waals surface area contributed by atoms with Crippen molar-refractivity contribution in [1.82, 2.24) is 9.97 Å². The van der Waals surface area contributed by atoms with Crippen LogP contribution in [0.5, 0.6) is 5.75 Å². The predicted molar refractivity (Wildman–Crippen MR) is 111 cm³/mol. The Kier molecular flexibility index (Phi) is 8.13. The van der Waals surface area contributed by atoms with Crippen molar-refractivity contribution >= 4 is 23.4 Å². The molecule has 0 aliphatic heterocycles. The van der Waals surface area contributed by atoms with Gasteiger partial charge >= 0.3 is 0 Å². The molecule has 2 rings (SSSR count). The fourth-order valence-corrected chi connectivity index (χ4v) is 3.31. The maximum atomic E-state index is 9.35. The van der Waals surface area contributed by atoms with Crippen LogP contribution in [0.25, 0.3) is 0 Å². The lowest BCUT2D eigenvalue weighted by Crippen LogP contribution is -2.23. The number of rotatable bonds is 10. The van der Waals surface area contributed by atoms with Gasteiger partial charge in [0.25, 0.3) is 0 Å². The van der Waals surface area contributed by atoms with Gasteiger partial charge in [0.1, 0.15) is 11.6 Å². The highest BCUT2D eigenvalue weighted by molar-refractivity contribution is 6.17. The Labute approximate surface area is 166 Å². The molecule has 7 heteroatoms. The van der Waals surface area contributed by atoms with Crippen LogP contribution >= 0.6 is 11.6 Å². The Balaban J connectivity index is 2.38. The second-order valence-corrected chi connectivity index (χ2v) is 6.86. The Morgan fingerprint density at radius 3 is 2.70 bits per heavy atom. The van der Waals surface area contributed by atoms with E-state index in [2.05, 4.69) is 22.2 Å². The summed E-state index contributed by atoms with van der Waals surface area (Å²) in [5, 5.41) is 12.8. The molecule has 4 N–H and O–H groups in total. The van der Waals surface area contributed by atoms with Gasteiger partial charge in [-0.15, -0.1) is 11.6 Å². The van der Waals surface area contributed by atoms with Crippen LogP contribution in [0.2, 0.25) is 0 Å². The lowest BCUT2D eigenvalue weighted by molar-refractivity contribution is 0.276. The summed E-state index contributed by atoms with van der Waals surface area (Å²) in [4.78, 5) is 8.77. The van der Waals surface area contributed by atoms with Gasteiger partial charge in [-0.25, -0.2) is 4.98 Å². The van der Waals surface area contributed by atoms with Crippen molar-refractivity contribution < 1.29 is 9.84 Å². The molecule has 0 radical (unpaired) electrons. The van der Waals surface area contributed by atoms with Crippen molar-refractivity contribution in [2.45, 2.75) is 51.5 Å². The number of ether oxygens (including phenoxy) is 1. The van der Waals surface area contributed by atoms with Crippen molar-refractivity contribution in [3.8, 4) is 5.75 Å². The summed E-state index contributed by atoms with van der Waals surface area (Å²) in [5.74, 6) is 2.18. The van der Waals surface area contributed by atoms with E-state index in [1.165, 1.54) is 0 Å². The molecule has 6 nitrogen and oxygen atoms in total. The third-order valence-corrected chi connectivity index (χ3v) is 4.87. The van der Waals surface area contributed by atoms with E-state index in [1.807, 2.05) is 25.1 Å². The minimum atomic E-state index is 0.125. The fraction of sp³-hybridized carbons (Fsp3) is 0.500. The van der Waals surface area contributed by atoms with E-state index >= 15 is 0 Å². The van der Waals surface area contributed by atoms with Crippen LogP contribution in [0.4, 0.5) is 11.8 Å². The molecule has 0 aliphatic rings. The number of aliphatic hydroxyl groups is 1. The predicted octanol–water partition coefficient (Wildman–Crippen LogP) is 3.67. The van der Waals surface area contributed by atoms with Crippen LogP contribution in [0.3, 0.4) is 0 Å². The molecule has 0 saturated carbocycles. The van der Waals surface area contributed by atoms with E-state index < -0.39 is 0 Å². The van der Waals surface area contributed by atoms with E-state index in [-0.39, 0.29) is 18.6 Å². The van der Waals surface area contributed by atoms with Crippen molar-refractivity contribution in [3.63, 3.8) is 0 Å². The normalized spacial score (nSPS) is 12.0. The maximum Gasteiger partial charge on any atom is 0.222 e. The van der Waals surface area contributed by atoms with Gasteiger partial charge in [-0.05, 0) is 37.0 Å². The first-order chi connectivity index (χ1) is 13.0. The third-order valence-electron chi connectivity index (χ3n) is 4.56. The molecule has 1 heterocycles. The smallest absolute Gasteiger partial charge is 0.222 e. The topological polar surface area (TPSA) is 93.3 Å². The highest BCUT2D eigenvalue weighted by Crippen LogP contribution is 2.28. The van der Waals surface area contributed by atoms with Crippen LogP contribution in [0, 0.1) is 6.92 Å². The van der Waals surface area contributed by atoms with Crippen LogP contribution in [-0.2, 0) is 12.3 Å². The van der Waals surface area contributed by atoms with Crippen molar-refractivity contribution in [2.24, 2.45) is 0 Å². The largest absolute Gasteiger partial charge is 0.496 e. The van der Waals surface area contributed by atoms with Crippen molar-refractivity contribution in [1.29, 1.82) is 0 Å². The quantitative estimate of drug-likeness (QED) is 0.534. The Hall–Kier alpha value is -2.05. The second kappa shape index (κ2) is 10.3. The molecule has 0 bridgehead atoms. The number of halogens is 1. The van der Waals surface area contributed by atoms with E-state index in [1.54, 1.807) is 7.11 Å². The maximum absolute atomic E-state index is 9.35. The van der Waals surface area contributed by atoms with E-state index in [9.17, 15) is 5.11 Å². The number of nitrogens with one attached hydrogen (secondary N) is 1. The fourth-order valence-electron chi connectivity index (χ4n) is 3.14. The number of hydrogen-bond acceptors (Lipinski definition) is 6. The molecule has 0 amide bonds. The van der Waals surface area contributed by atoms with E-state index in [4.69, 9.17) is 22.1 Å². The molecule has 2 aromatic rings. The van der Waals surface area contributed by atoms with Crippen LogP contribution in [0.1, 0.15) is 48.6 Å². The monoisotopic (exact) mass is 392 g/mol. The number of benzene rings is 1. The number of aryl methyl sites for hydroxylation is 1. The number of aromatic nitrogens is 2. The number of hydrogen-bond donors (Lipinski definition) is 3. The molecule has 0 fully saturated rings. The zero-order chi connectivity index (χ0) is 19.8. The van der Waals surface area contributed by atoms with Gasteiger partial charge in [-0.3, -0.25) is 0 Å². The molecule has 1 atom stereocenters. The Morgan fingerprint density at radius 1 is 1.30 bits per heavy atom. The molecule has 0 saturated heterocycles. The van der Waals surface area contributed by atoms with E-state index in [0.29, 0.717) is 18.7 Å². The summed E-state index contributed by atoms with van der Waals surface area (Å²) < 4.78 is 5.54. The number of nitrogens with two attached hydrogens (primary N) is 1. The van der Waals surface area contributed by atoms with Crippen molar-refractivity contribution in [3.05, 3.63) is 40.6 Å². The first-order valence-electron chi connectivity index (χ1n) is 9.24. The molecule has 0 spiro atoms.